The molecule has 0 heterocycles. The molecule has 0 saturated heterocycles. The topological polar surface area (TPSA) is 35.8 Å². The summed E-state index contributed by atoms with van der Waals surface area (Å²) in [6.45, 7) is 6.99. The van der Waals surface area contributed by atoms with E-state index >= 15 is 0 Å². The van der Waals surface area contributed by atoms with Crippen molar-refractivity contribution in [2.24, 2.45) is 11.3 Å². The molecule has 2 nitrogen and oxygen atoms in total. The molecule has 0 bridgehead atoms. The lowest BCUT2D eigenvalue weighted by molar-refractivity contribution is 0.177. The Morgan fingerprint density at radius 2 is 2.16 bits per heavy atom. The van der Waals surface area contributed by atoms with Crippen LogP contribution in [0.25, 0.3) is 0 Å². The van der Waals surface area contributed by atoms with Crippen LogP contribution in [0.2, 0.25) is 5.02 Å². The van der Waals surface area contributed by atoms with Crippen molar-refractivity contribution in [3.8, 4) is 6.07 Å². The third-order valence-corrected chi connectivity index (χ3v) is 4.45. The molecule has 2 atom stereocenters. The highest BCUT2D eigenvalue weighted by molar-refractivity contribution is 6.33. The Balaban J connectivity index is 2.08. The molecule has 0 radical (unpaired) electrons. The summed E-state index contributed by atoms with van der Waals surface area (Å²) in [5, 5.41) is 13.0. The molecule has 1 saturated carbocycles. The maximum atomic E-state index is 8.84. The second kappa shape index (κ2) is 5.43. The first-order valence-electron chi connectivity index (χ1n) is 6.87. The Morgan fingerprint density at radius 1 is 1.42 bits per heavy atom. The number of nitriles is 1. The number of nitrogens with one attached hydrogen (secondary N) is 1. The summed E-state index contributed by atoms with van der Waals surface area (Å²) >= 11 is 6.22. The molecule has 2 unspecified atom stereocenters. The Bertz CT molecular complexity index is 502. The van der Waals surface area contributed by atoms with Gasteiger partial charge >= 0.3 is 0 Å². The molecular formula is C16H21ClN2. The minimum absolute atomic E-state index is 0.450. The molecule has 1 aromatic rings. The normalized spacial score (nSPS) is 25.6. The van der Waals surface area contributed by atoms with E-state index in [4.69, 9.17) is 16.9 Å². The van der Waals surface area contributed by atoms with Gasteiger partial charge in [0, 0.05) is 6.04 Å². The van der Waals surface area contributed by atoms with Crippen molar-refractivity contribution in [2.75, 3.05) is 5.32 Å². The highest BCUT2D eigenvalue weighted by Gasteiger charge is 2.32. The summed E-state index contributed by atoms with van der Waals surface area (Å²) in [6.07, 6.45) is 3.64. The quantitative estimate of drug-likeness (QED) is 0.839. The van der Waals surface area contributed by atoms with Gasteiger partial charge in [-0.1, -0.05) is 32.4 Å². The lowest BCUT2D eigenvalue weighted by Crippen LogP contribution is -2.36. The maximum Gasteiger partial charge on any atom is 0.0992 e. The Morgan fingerprint density at radius 3 is 2.74 bits per heavy atom. The van der Waals surface area contributed by atoms with E-state index in [1.54, 1.807) is 6.07 Å². The van der Waals surface area contributed by atoms with E-state index in [0.717, 1.165) is 5.69 Å². The monoisotopic (exact) mass is 276 g/mol. The summed E-state index contributed by atoms with van der Waals surface area (Å²) in [7, 11) is 0. The summed E-state index contributed by atoms with van der Waals surface area (Å²) in [5.41, 5.74) is 2.00. The van der Waals surface area contributed by atoms with Crippen molar-refractivity contribution in [3.05, 3.63) is 28.8 Å². The number of benzene rings is 1. The second-order valence-electron chi connectivity index (χ2n) is 6.44. The number of halogens is 1. The Hall–Kier alpha value is -1.20. The first-order valence-corrected chi connectivity index (χ1v) is 7.25. The van der Waals surface area contributed by atoms with Crippen LogP contribution < -0.4 is 5.32 Å². The lowest BCUT2D eigenvalue weighted by Gasteiger charge is -2.40. The predicted molar refractivity (Wildman–Crippen MR) is 80.4 cm³/mol. The number of hydrogen-bond donors (Lipinski definition) is 1. The molecule has 1 aromatic carbocycles. The number of rotatable bonds is 2. The van der Waals surface area contributed by atoms with Gasteiger partial charge in [-0.25, -0.2) is 0 Å². The number of nitrogens with zero attached hydrogens (tertiary/aromatic N) is 1. The summed E-state index contributed by atoms with van der Waals surface area (Å²) in [5.74, 6) is 0.635. The Labute approximate surface area is 120 Å². The van der Waals surface area contributed by atoms with Gasteiger partial charge in [-0.05, 0) is 48.8 Å². The molecule has 0 amide bonds. The first kappa shape index (κ1) is 14.2. The van der Waals surface area contributed by atoms with Gasteiger partial charge in [0.25, 0.3) is 0 Å². The molecule has 0 aliphatic heterocycles. The molecule has 1 N–H and O–H groups in total. The summed E-state index contributed by atoms with van der Waals surface area (Å²) < 4.78 is 0. The fraction of sp³-hybridized carbons (Fsp3) is 0.562. The molecule has 1 aliphatic carbocycles. The van der Waals surface area contributed by atoms with Crippen molar-refractivity contribution >= 4 is 17.3 Å². The molecule has 2 rings (SSSR count). The van der Waals surface area contributed by atoms with Crippen molar-refractivity contribution in [1.29, 1.82) is 5.26 Å². The largest absolute Gasteiger partial charge is 0.381 e. The molecular weight excluding hydrogens is 256 g/mol. The van der Waals surface area contributed by atoms with E-state index in [0.29, 0.717) is 28.0 Å². The van der Waals surface area contributed by atoms with Gasteiger partial charge in [-0.2, -0.15) is 5.26 Å². The van der Waals surface area contributed by atoms with Crippen LogP contribution >= 0.6 is 11.6 Å². The third kappa shape index (κ3) is 3.42. The van der Waals surface area contributed by atoms with Crippen LogP contribution in [0.4, 0.5) is 5.69 Å². The van der Waals surface area contributed by atoms with Gasteiger partial charge in [0.05, 0.1) is 22.3 Å². The molecule has 102 valence electrons. The van der Waals surface area contributed by atoms with Gasteiger partial charge in [0.15, 0.2) is 0 Å². The van der Waals surface area contributed by atoms with E-state index in [1.807, 2.05) is 12.1 Å². The standard InChI is InChI=1S/C16H21ClN2/c1-11-9-16(2,3)7-6-14(11)19-15-5-4-12(10-18)8-13(15)17/h4-5,8,11,14,19H,6-7,9H2,1-3H3. The number of hydrogen-bond acceptors (Lipinski definition) is 2. The molecule has 3 heteroatoms. The van der Waals surface area contributed by atoms with Crippen molar-refractivity contribution in [3.63, 3.8) is 0 Å². The molecule has 19 heavy (non-hydrogen) atoms. The molecule has 1 aliphatic rings. The van der Waals surface area contributed by atoms with Crippen LogP contribution in [0.1, 0.15) is 45.6 Å². The van der Waals surface area contributed by atoms with Crippen LogP contribution in [0.5, 0.6) is 0 Å². The van der Waals surface area contributed by atoms with Crippen molar-refractivity contribution < 1.29 is 0 Å². The van der Waals surface area contributed by atoms with Crippen LogP contribution in [0, 0.1) is 22.7 Å². The number of anilines is 1. The van der Waals surface area contributed by atoms with E-state index in [-0.39, 0.29) is 0 Å². The van der Waals surface area contributed by atoms with Crippen LogP contribution in [0.3, 0.4) is 0 Å². The highest BCUT2D eigenvalue weighted by atomic mass is 35.5. The Kier molecular flexibility index (Phi) is 4.06. The highest BCUT2D eigenvalue weighted by Crippen LogP contribution is 2.40. The average molecular weight is 277 g/mol. The van der Waals surface area contributed by atoms with Crippen LogP contribution in [-0.2, 0) is 0 Å². The fourth-order valence-electron chi connectivity index (χ4n) is 3.06. The zero-order valence-corrected chi connectivity index (χ0v) is 12.6. The second-order valence-corrected chi connectivity index (χ2v) is 6.85. The first-order chi connectivity index (χ1) is 8.91. The van der Waals surface area contributed by atoms with Gasteiger partial charge in [-0.3, -0.25) is 0 Å². The van der Waals surface area contributed by atoms with E-state index in [2.05, 4.69) is 32.2 Å². The van der Waals surface area contributed by atoms with E-state index in [9.17, 15) is 0 Å². The smallest absolute Gasteiger partial charge is 0.0992 e. The zero-order valence-electron chi connectivity index (χ0n) is 11.8. The average Bonchev–Trinajstić information content (AvgIpc) is 2.34. The van der Waals surface area contributed by atoms with Crippen LogP contribution in [0.15, 0.2) is 18.2 Å². The van der Waals surface area contributed by atoms with E-state index < -0.39 is 0 Å². The zero-order chi connectivity index (χ0) is 14.0. The fourth-order valence-corrected chi connectivity index (χ4v) is 3.30. The van der Waals surface area contributed by atoms with Crippen molar-refractivity contribution in [2.45, 2.75) is 46.1 Å². The van der Waals surface area contributed by atoms with Gasteiger partial charge in [0.1, 0.15) is 0 Å². The van der Waals surface area contributed by atoms with Crippen LogP contribution in [-0.4, -0.2) is 6.04 Å². The molecule has 1 fully saturated rings. The SMILES string of the molecule is CC1CC(C)(C)CCC1Nc1ccc(C#N)cc1Cl. The lowest BCUT2D eigenvalue weighted by atomic mass is 9.70. The third-order valence-electron chi connectivity index (χ3n) is 4.13. The van der Waals surface area contributed by atoms with Gasteiger partial charge in [0.2, 0.25) is 0 Å². The minimum Gasteiger partial charge on any atom is -0.381 e. The van der Waals surface area contributed by atoms with E-state index in [1.165, 1.54) is 19.3 Å². The summed E-state index contributed by atoms with van der Waals surface area (Å²) in [4.78, 5) is 0. The van der Waals surface area contributed by atoms with Crippen molar-refractivity contribution in [1.82, 2.24) is 0 Å². The molecule has 0 spiro atoms. The molecule has 0 aromatic heterocycles. The minimum atomic E-state index is 0.450. The predicted octanol–water partition coefficient (Wildman–Crippen LogP) is 4.84. The maximum absolute atomic E-state index is 8.84. The van der Waals surface area contributed by atoms with Gasteiger partial charge in [-0.15, -0.1) is 0 Å². The van der Waals surface area contributed by atoms with Gasteiger partial charge < -0.3 is 5.32 Å². The summed E-state index contributed by atoms with van der Waals surface area (Å²) in [6, 6.07) is 8.02.